The number of benzene rings is 1. The van der Waals surface area contributed by atoms with Crippen LogP contribution in [0.15, 0.2) is 35.6 Å². The molecule has 3 aromatic rings. The number of nitrogens with zero attached hydrogens (tertiary/aromatic N) is 4. The number of carbonyl (C=O) groups excluding carboxylic acids is 1. The highest BCUT2D eigenvalue weighted by Crippen LogP contribution is 2.24. The summed E-state index contributed by atoms with van der Waals surface area (Å²) < 4.78 is 1.82. The van der Waals surface area contributed by atoms with Gasteiger partial charge in [0.05, 0.1) is 18.1 Å². The Morgan fingerprint density at radius 1 is 1.21 bits per heavy atom. The Morgan fingerprint density at radius 3 is 2.82 bits per heavy atom. The van der Waals surface area contributed by atoms with E-state index >= 15 is 0 Å². The number of hydrogen-bond acceptors (Lipinski definition) is 6. The summed E-state index contributed by atoms with van der Waals surface area (Å²) in [7, 11) is 0. The van der Waals surface area contributed by atoms with E-state index < -0.39 is 0 Å². The Kier molecular flexibility index (Phi) is 6.86. The fraction of sp³-hybridized carbons (Fsp3) is 0.400. The van der Waals surface area contributed by atoms with Gasteiger partial charge in [-0.2, -0.15) is 5.10 Å². The molecule has 0 saturated heterocycles. The number of rotatable bonds is 9. The van der Waals surface area contributed by atoms with E-state index in [-0.39, 0.29) is 5.91 Å². The first-order valence-corrected chi connectivity index (χ1v) is 10.6. The van der Waals surface area contributed by atoms with Gasteiger partial charge in [0.1, 0.15) is 5.82 Å². The monoisotopic (exact) mass is 398 g/mol. The Balaban J connectivity index is 1.73. The zero-order valence-electron chi connectivity index (χ0n) is 16.5. The highest BCUT2D eigenvalue weighted by molar-refractivity contribution is 7.99. The molecule has 8 heteroatoms. The average molecular weight is 399 g/mol. The lowest BCUT2D eigenvalue weighted by molar-refractivity contribution is 0.0952. The van der Waals surface area contributed by atoms with Crippen molar-refractivity contribution in [1.82, 2.24) is 25.1 Å². The Morgan fingerprint density at radius 2 is 2.07 bits per heavy atom. The summed E-state index contributed by atoms with van der Waals surface area (Å²) >= 11 is 1.60. The second-order valence-corrected chi connectivity index (χ2v) is 7.68. The molecule has 3 rings (SSSR count). The van der Waals surface area contributed by atoms with Gasteiger partial charge in [-0.05, 0) is 31.2 Å². The molecule has 28 heavy (non-hydrogen) atoms. The van der Waals surface area contributed by atoms with Crippen molar-refractivity contribution in [3.8, 4) is 0 Å². The number of aryl methyl sites for hydroxylation is 1. The van der Waals surface area contributed by atoms with E-state index in [0.717, 1.165) is 46.3 Å². The molecule has 7 nitrogen and oxygen atoms in total. The maximum Gasteiger partial charge on any atom is 0.251 e. The second kappa shape index (κ2) is 9.54. The molecular formula is C20H26N6OS. The van der Waals surface area contributed by atoms with Gasteiger partial charge in [0.2, 0.25) is 0 Å². The molecule has 1 amide bonds. The van der Waals surface area contributed by atoms with Crippen LogP contribution in [0.25, 0.3) is 11.0 Å². The maximum absolute atomic E-state index is 12.3. The molecule has 0 aliphatic carbocycles. The first kappa shape index (κ1) is 20.1. The van der Waals surface area contributed by atoms with Crippen LogP contribution in [0, 0.1) is 6.92 Å². The summed E-state index contributed by atoms with van der Waals surface area (Å²) in [4.78, 5) is 21.6. The van der Waals surface area contributed by atoms with Crippen LogP contribution < -0.4 is 10.6 Å². The minimum absolute atomic E-state index is 0.0812. The largest absolute Gasteiger partial charge is 0.369 e. The number of fused-ring (bicyclic) bond motifs is 1. The van der Waals surface area contributed by atoms with E-state index in [1.807, 2.05) is 35.9 Å². The van der Waals surface area contributed by atoms with Crippen molar-refractivity contribution in [3.05, 3.63) is 41.6 Å². The Hall–Kier alpha value is -2.61. The van der Waals surface area contributed by atoms with Crippen LogP contribution in [-0.4, -0.2) is 44.5 Å². The summed E-state index contributed by atoms with van der Waals surface area (Å²) in [6, 6.07) is 7.56. The molecule has 0 bridgehead atoms. The predicted molar refractivity (Wildman–Crippen MR) is 114 cm³/mol. The number of anilines is 1. The summed E-state index contributed by atoms with van der Waals surface area (Å²) in [5, 5.41) is 12.4. The van der Waals surface area contributed by atoms with E-state index in [1.165, 1.54) is 0 Å². The fourth-order valence-electron chi connectivity index (χ4n) is 2.83. The Labute approximate surface area is 169 Å². The maximum atomic E-state index is 12.3. The van der Waals surface area contributed by atoms with Crippen LogP contribution in [-0.2, 0) is 6.54 Å². The standard InChI is InChI=1S/C20H26N6OS/c1-4-9-21-17-16-13-23-26(18(16)25-20(24-17)28-5-2)11-10-22-19(27)15-8-6-7-14(3)12-15/h6-8,12-13H,4-5,9-11H2,1-3H3,(H,22,27)(H,21,24,25). The quantitative estimate of drug-likeness (QED) is 0.424. The third-order valence-electron chi connectivity index (χ3n) is 4.18. The van der Waals surface area contributed by atoms with E-state index in [9.17, 15) is 4.79 Å². The molecule has 0 radical (unpaired) electrons. The lowest BCUT2D eigenvalue weighted by Crippen LogP contribution is -2.27. The predicted octanol–water partition coefficient (Wildman–Crippen LogP) is 3.50. The number of hydrogen-bond donors (Lipinski definition) is 2. The molecule has 148 valence electrons. The van der Waals surface area contributed by atoms with Gasteiger partial charge in [0.25, 0.3) is 5.91 Å². The van der Waals surface area contributed by atoms with Crippen LogP contribution >= 0.6 is 11.8 Å². The molecule has 2 N–H and O–H groups in total. The van der Waals surface area contributed by atoms with Gasteiger partial charge in [-0.3, -0.25) is 4.79 Å². The first-order chi connectivity index (χ1) is 13.6. The summed E-state index contributed by atoms with van der Waals surface area (Å²) in [6.07, 6.45) is 2.80. The number of amides is 1. The summed E-state index contributed by atoms with van der Waals surface area (Å²) in [5.74, 6) is 1.64. The Bertz CT molecular complexity index is 955. The van der Waals surface area contributed by atoms with Crippen LogP contribution in [0.4, 0.5) is 5.82 Å². The van der Waals surface area contributed by atoms with Crippen LogP contribution in [0.1, 0.15) is 36.2 Å². The minimum atomic E-state index is -0.0812. The first-order valence-electron chi connectivity index (χ1n) is 9.57. The van der Waals surface area contributed by atoms with Crippen molar-refractivity contribution in [3.63, 3.8) is 0 Å². The number of thioether (sulfide) groups is 1. The molecule has 0 saturated carbocycles. The molecule has 2 aromatic heterocycles. The molecule has 0 aliphatic rings. The highest BCUT2D eigenvalue weighted by atomic mass is 32.2. The molecule has 2 heterocycles. The molecule has 1 aromatic carbocycles. The average Bonchev–Trinajstić information content (AvgIpc) is 3.09. The van der Waals surface area contributed by atoms with Crippen molar-refractivity contribution in [2.24, 2.45) is 0 Å². The van der Waals surface area contributed by atoms with Crippen LogP contribution in [0.2, 0.25) is 0 Å². The number of carbonyl (C=O) groups is 1. The van der Waals surface area contributed by atoms with Gasteiger partial charge in [-0.1, -0.05) is 43.3 Å². The zero-order chi connectivity index (χ0) is 19.9. The molecule has 0 aliphatic heterocycles. The topological polar surface area (TPSA) is 84.7 Å². The molecular weight excluding hydrogens is 372 g/mol. The molecule has 0 fully saturated rings. The number of nitrogens with one attached hydrogen (secondary N) is 2. The van der Waals surface area contributed by atoms with Gasteiger partial charge < -0.3 is 10.6 Å². The van der Waals surface area contributed by atoms with Crippen molar-refractivity contribution in [2.45, 2.75) is 38.9 Å². The van der Waals surface area contributed by atoms with Crippen molar-refractivity contribution in [1.29, 1.82) is 0 Å². The third-order valence-corrected chi connectivity index (χ3v) is 4.91. The lowest BCUT2D eigenvalue weighted by Gasteiger charge is -2.09. The van der Waals surface area contributed by atoms with E-state index in [1.54, 1.807) is 18.0 Å². The molecule has 0 atom stereocenters. The molecule has 0 spiro atoms. The van der Waals surface area contributed by atoms with E-state index in [0.29, 0.717) is 18.7 Å². The fourth-order valence-corrected chi connectivity index (χ4v) is 3.40. The van der Waals surface area contributed by atoms with Gasteiger partial charge in [0.15, 0.2) is 10.8 Å². The highest BCUT2D eigenvalue weighted by Gasteiger charge is 2.13. The van der Waals surface area contributed by atoms with Gasteiger partial charge in [0, 0.05) is 18.7 Å². The third kappa shape index (κ3) is 4.81. The SMILES string of the molecule is CCCNc1nc(SCC)nc2c1cnn2CCNC(=O)c1cccc(C)c1. The van der Waals surface area contributed by atoms with Crippen LogP contribution in [0.3, 0.4) is 0 Å². The van der Waals surface area contributed by atoms with E-state index in [4.69, 9.17) is 0 Å². The lowest BCUT2D eigenvalue weighted by atomic mass is 10.1. The smallest absolute Gasteiger partial charge is 0.251 e. The number of aromatic nitrogens is 4. The second-order valence-electron chi connectivity index (χ2n) is 6.44. The van der Waals surface area contributed by atoms with Crippen molar-refractivity contribution >= 4 is 34.5 Å². The van der Waals surface area contributed by atoms with Crippen molar-refractivity contribution < 1.29 is 4.79 Å². The normalized spacial score (nSPS) is 11.0. The minimum Gasteiger partial charge on any atom is -0.369 e. The molecule has 0 unspecified atom stereocenters. The zero-order valence-corrected chi connectivity index (χ0v) is 17.3. The van der Waals surface area contributed by atoms with Gasteiger partial charge in [-0.15, -0.1) is 0 Å². The summed E-state index contributed by atoms with van der Waals surface area (Å²) in [5.41, 5.74) is 2.52. The van der Waals surface area contributed by atoms with Crippen molar-refractivity contribution in [2.75, 3.05) is 24.2 Å². The van der Waals surface area contributed by atoms with Gasteiger partial charge >= 0.3 is 0 Å². The van der Waals surface area contributed by atoms with Crippen LogP contribution in [0.5, 0.6) is 0 Å². The van der Waals surface area contributed by atoms with E-state index in [2.05, 4.69) is 39.5 Å². The van der Waals surface area contributed by atoms with Gasteiger partial charge in [-0.25, -0.2) is 14.6 Å². The summed E-state index contributed by atoms with van der Waals surface area (Å²) in [6.45, 7) is 8.04.